The number of hydrogen-bond acceptors (Lipinski definition) is 4. The quantitative estimate of drug-likeness (QED) is 0.882. The van der Waals surface area contributed by atoms with Crippen molar-refractivity contribution in [1.82, 2.24) is 15.0 Å². The van der Waals surface area contributed by atoms with Crippen LogP contribution in [0.1, 0.15) is 19.3 Å². The summed E-state index contributed by atoms with van der Waals surface area (Å²) in [5.74, 6) is 0.0410. The highest BCUT2D eigenvalue weighted by Gasteiger charge is 2.28. The Bertz CT molecular complexity index is 595. The second kappa shape index (κ2) is 5.42. The number of benzene rings is 1. The van der Waals surface area contributed by atoms with Crippen molar-refractivity contribution in [3.05, 3.63) is 36.7 Å². The molecule has 2 atom stereocenters. The number of nitrogens with one attached hydrogen (secondary N) is 1. The van der Waals surface area contributed by atoms with E-state index in [-0.39, 0.29) is 17.9 Å². The van der Waals surface area contributed by atoms with E-state index in [0.717, 1.165) is 30.6 Å². The van der Waals surface area contributed by atoms with Crippen LogP contribution in [-0.4, -0.2) is 26.9 Å². The molecule has 1 amide bonds. The van der Waals surface area contributed by atoms with Gasteiger partial charge in [-0.25, -0.2) is 4.68 Å². The van der Waals surface area contributed by atoms with E-state index < -0.39 is 0 Å². The van der Waals surface area contributed by atoms with E-state index in [1.807, 2.05) is 24.3 Å². The molecule has 2 aromatic rings. The first-order valence-corrected chi connectivity index (χ1v) is 6.76. The van der Waals surface area contributed by atoms with Crippen molar-refractivity contribution in [3.63, 3.8) is 0 Å². The second-order valence-corrected chi connectivity index (χ2v) is 5.12. The molecule has 1 saturated carbocycles. The molecule has 3 rings (SSSR count). The van der Waals surface area contributed by atoms with Gasteiger partial charge in [0.15, 0.2) is 0 Å². The van der Waals surface area contributed by atoms with Gasteiger partial charge < -0.3 is 11.1 Å². The number of nitrogens with two attached hydrogens (primary N) is 1. The number of aromatic nitrogens is 3. The zero-order valence-electron chi connectivity index (χ0n) is 11.1. The number of rotatable bonds is 3. The van der Waals surface area contributed by atoms with Gasteiger partial charge in [-0.2, -0.15) is 0 Å². The van der Waals surface area contributed by atoms with Gasteiger partial charge in [-0.05, 0) is 31.4 Å². The molecule has 6 nitrogen and oxygen atoms in total. The summed E-state index contributed by atoms with van der Waals surface area (Å²) in [5, 5.41) is 10.7. The maximum absolute atomic E-state index is 12.3. The Labute approximate surface area is 117 Å². The Morgan fingerprint density at radius 2 is 2.20 bits per heavy atom. The predicted molar refractivity (Wildman–Crippen MR) is 75.3 cm³/mol. The number of nitrogens with zero attached hydrogens (tertiary/aromatic N) is 3. The highest BCUT2D eigenvalue weighted by molar-refractivity contribution is 5.94. The third-order valence-corrected chi connectivity index (χ3v) is 3.68. The first-order valence-electron chi connectivity index (χ1n) is 6.76. The van der Waals surface area contributed by atoms with Crippen LogP contribution in [0.15, 0.2) is 36.7 Å². The van der Waals surface area contributed by atoms with E-state index in [2.05, 4.69) is 15.6 Å². The van der Waals surface area contributed by atoms with Crippen molar-refractivity contribution >= 4 is 11.6 Å². The molecule has 20 heavy (non-hydrogen) atoms. The fourth-order valence-corrected chi connectivity index (χ4v) is 2.61. The van der Waals surface area contributed by atoms with E-state index in [1.165, 1.54) is 0 Å². The van der Waals surface area contributed by atoms with Crippen LogP contribution >= 0.6 is 0 Å². The van der Waals surface area contributed by atoms with Crippen molar-refractivity contribution in [2.45, 2.75) is 25.3 Å². The van der Waals surface area contributed by atoms with Gasteiger partial charge in [-0.1, -0.05) is 17.3 Å². The Morgan fingerprint density at radius 1 is 1.35 bits per heavy atom. The molecule has 0 bridgehead atoms. The Kier molecular flexibility index (Phi) is 3.47. The molecule has 0 spiro atoms. The first kappa shape index (κ1) is 12.8. The largest absolute Gasteiger partial charge is 0.328 e. The van der Waals surface area contributed by atoms with Gasteiger partial charge in [0.25, 0.3) is 0 Å². The van der Waals surface area contributed by atoms with Crippen LogP contribution in [0.2, 0.25) is 0 Å². The molecule has 0 radical (unpaired) electrons. The maximum Gasteiger partial charge on any atom is 0.227 e. The molecular weight excluding hydrogens is 254 g/mol. The highest BCUT2D eigenvalue weighted by Crippen LogP contribution is 2.27. The summed E-state index contributed by atoms with van der Waals surface area (Å²) >= 11 is 0. The number of amides is 1. The van der Waals surface area contributed by atoms with Gasteiger partial charge in [0.1, 0.15) is 0 Å². The number of para-hydroxylation sites is 2. The lowest BCUT2D eigenvalue weighted by atomic mass is 10.1. The third-order valence-electron chi connectivity index (χ3n) is 3.68. The molecular formula is C14H17N5O. The first-order chi connectivity index (χ1) is 9.74. The molecule has 104 valence electrons. The number of hydrogen-bond donors (Lipinski definition) is 2. The predicted octanol–water partition coefficient (Wildman–Crippen LogP) is 1.33. The van der Waals surface area contributed by atoms with Crippen LogP contribution in [-0.2, 0) is 4.79 Å². The van der Waals surface area contributed by atoms with Gasteiger partial charge >= 0.3 is 0 Å². The zero-order chi connectivity index (χ0) is 13.9. The monoisotopic (exact) mass is 271 g/mol. The van der Waals surface area contributed by atoms with Crippen LogP contribution in [0, 0.1) is 5.92 Å². The number of carbonyl (C=O) groups is 1. The molecule has 0 aliphatic heterocycles. The summed E-state index contributed by atoms with van der Waals surface area (Å²) in [7, 11) is 0. The maximum atomic E-state index is 12.3. The normalized spacial score (nSPS) is 21.9. The summed E-state index contributed by atoms with van der Waals surface area (Å²) < 4.78 is 1.63. The van der Waals surface area contributed by atoms with Crippen molar-refractivity contribution < 1.29 is 4.79 Å². The van der Waals surface area contributed by atoms with Gasteiger partial charge in [0.2, 0.25) is 5.91 Å². The Balaban J connectivity index is 1.79. The van der Waals surface area contributed by atoms with Crippen LogP contribution in [0.4, 0.5) is 5.69 Å². The van der Waals surface area contributed by atoms with Crippen LogP contribution in [0.3, 0.4) is 0 Å². The van der Waals surface area contributed by atoms with Gasteiger partial charge in [-0.3, -0.25) is 4.79 Å². The minimum absolute atomic E-state index is 0.00815. The average molecular weight is 271 g/mol. The SMILES string of the molecule is NC1CCC(C(=O)Nc2ccccc2-n2ccnn2)C1. The lowest BCUT2D eigenvalue weighted by molar-refractivity contribution is -0.119. The van der Waals surface area contributed by atoms with Crippen molar-refractivity contribution in [2.75, 3.05) is 5.32 Å². The van der Waals surface area contributed by atoms with E-state index in [9.17, 15) is 4.79 Å². The lowest BCUT2D eigenvalue weighted by Gasteiger charge is -2.13. The zero-order valence-corrected chi connectivity index (χ0v) is 11.1. The molecule has 0 saturated heterocycles. The smallest absolute Gasteiger partial charge is 0.227 e. The third kappa shape index (κ3) is 2.55. The molecule has 1 aliphatic rings. The summed E-state index contributed by atoms with van der Waals surface area (Å²) in [6.07, 6.45) is 5.89. The molecule has 6 heteroatoms. The molecule has 2 unspecified atom stereocenters. The summed E-state index contributed by atoms with van der Waals surface area (Å²) in [5.41, 5.74) is 7.41. The van der Waals surface area contributed by atoms with Crippen LogP contribution < -0.4 is 11.1 Å². The molecule has 3 N–H and O–H groups in total. The van der Waals surface area contributed by atoms with Crippen molar-refractivity contribution in [1.29, 1.82) is 0 Å². The topological polar surface area (TPSA) is 85.8 Å². The summed E-state index contributed by atoms with van der Waals surface area (Å²) in [4.78, 5) is 12.3. The van der Waals surface area contributed by atoms with Crippen molar-refractivity contribution in [2.24, 2.45) is 11.7 Å². The Hall–Kier alpha value is -2.21. The number of anilines is 1. The fraction of sp³-hybridized carbons (Fsp3) is 0.357. The van der Waals surface area contributed by atoms with E-state index in [0.29, 0.717) is 0 Å². The standard InChI is InChI=1S/C14H17N5O/c15-11-6-5-10(9-11)14(20)17-12-3-1-2-4-13(12)19-8-7-16-18-19/h1-4,7-8,10-11H,5-6,9,15H2,(H,17,20). The Morgan fingerprint density at radius 3 is 2.90 bits per heavy atom. The minimum atomic E-state index is 0.00815. The van der Waals surface area contributed by atoms with Crippen LogP contribution in [0.25, 0.3) is 5.69 Å². The summed E-state index contributed by atoms with van der Waals surface area (Å²) in [6, 6.07) is 7.69. The summed E-state index contributed by atoms with van der Waals surface area (Å²) in [6.45, 7) is 0. The van der Waals surface area contributed by atoms with E-state index >= 15 is 0 Å². The molecule has 1 heterocycles. The van der Waals surface area contributed by atoms with Gasteiger partial charge in [0, 0.05) is 12.0 Å². The van der Waals surface area contributed by atoms with Crippen molar-refractivity contribution in [3.8, 4) is 5.69 Å². The lowest BCUT2D eigenvalue weighted by Crippen LogP contribution is -2.23. The molecule has 1 aromatic carbocycles. The minimum Gasteiger partial charge on any atom is -0.328 e. The van der Waals surface area contributed by atoms with Gasteiger partial charge in [-0.15, -0.1) is 5.10 Å². The fourth-order valence-electron chi connectivity index (χ4n) is 2.61. The number of carbonyl (C=O) groups excluding carboxylic acids is 1. The molecule has 1 aliphatic carbocycles. The van der Waals surface area contributed by atoms with Crippen LogP contribution in [0.5, 0.6) is 0 Å². The second-order valence-electron chi connectivity index (χ2n) is 5.12. The van der Waals surface area contributed by atoms with E-state index in [1.54, 1.807) is 17.1 Å². The van der Waals surface area contributed by atoms with Gasteiger partial charge in [0.05, 0.1) is 23.8 Å². The molecule has 1 fully saturated rings. The average Bonchev–Trinajstić information content (AvgIpc) is 3.10. The highest BCUT2D eigenvalue weighted by atomic mass is 16.1. The molecule has 1 aromatic heterocycles. The van der Waals surface area contributed by atoms with E-state index in [4.69, 9.17) is 5.73 Å².